The molecule has 47 heavy (non-hydrogen) atoms. The fourth-order valence-electron chi connectivity index (χ4n) is 5.73. The summed E-state index contributed by atoms with van der Waals surface area (Å²) in [6.45, 7) is 1.43. The van der Waals surface area contributed by atoms with E-state index in [1.807, 2.05) is 6.07 Å². The fraction of sp³-hybridized carbons (Fsp3) is 0.452. The number of benzene rings is 1. The van der Waals surface area contributed by atoms with Crippen LogP contribution < -0.4 is 36.6 Å². The zero-order chi connectivity index (χ0) is 33.7. The number of aromatic nitrogens is 2. The molecule has 16 heteroatoms. The normalized spacial score (nSPS) is 16.8. The van der Waals surface area contributed by atoms with Crippen molar-refractivity contribution in [2.75, 3.05) is 59.7 Å². The lowest BCUT2D eigenvalue weighted by Crippen LogP contribution is -2.57. The number of nitrogens with zero attached hydrogens (tertiary/aromatic N) is 5. The maximum absolute atomic E-state index is 13.9. The number of hydrogen-bond acceptors (Lipinski definition) is 11. The van der Waals surface area contributed by atoms with Crippen LogP contribution in [0.3, 0.4) is 0 Å². The maximum atomic E-state index is 13.9. The predicted octanol–water partition coefficient (Wildman–Crippen LogP) is 2.12. The number of alkyl halides is 3. The summed E-state index contributed by atoms with van der Waals surface area (Å²) in [4.78, 5) is 58.2. The largest absolute Gasteiger partial charge is 0.480 e. The Morgan fingerprint density at radius 2 is 1.62 bits per heavy atom. The summed E-state index contributed by atoms with van der Waals surface area (Å²) in [6.07, 6.45) is -1.86. The van der Waals surface area contributed by atoms with Crippen LogP contribution in [-0.4, -0.2) is 72.3 Å². The van der Waals surface area contributed by atoms with Gasteiger partial charge in [-0.2, -0.15) is 18.4 Å². The smallest absolute Gasteiger partial charge is 0.451 e. The van der Waals surface area contributed by atoms with E-state index in [0.29, 0.717) is 70.4 Å². The zero-order valence-corrected chi connectivity index (χ0v) is 25.3. The summed E-state index contributed by atoms with van der Waals surface area (Å²) in [7, 11) is 0. The van der Waals surface area contributed by atoms with Gasteiger partial charge >= 0.3 is 12.1 Å². The number of carboxylic acid groups (broad SMARTS) is 1. The van der Waals surface area contributed by atoms with Crippen molar-refractivity contribution >= 4 is 34.9 Å². The van der Waals surface area contributed by atoms with Gasteiger partial charge in [-0.05, 0) is 55.7 Å². The van der Waals surface area contributed by atoms with Gasteiger partial charge in [0.15, 0.2) is 0 Å². The van der Waals surface area contributed by atoms with Crippen molar-refractivity contribution in [1.82, 2.24) is 15.3 Å². The number of piperidine rings is 1. The van der Waals surface area contributed by atoms with Gasteiger partial charge in [0.25, 0.3) is 10.9 Å². The van der Waals surface area contributed by atoms with E-state index < -0.39 is 41.4 Å². The number of carbonyl (C=O) groups is 2. The van der Waals surface area contributed by atoms with Crippen LogP contribution in [0.5, 0.6) is 0 Å². The SMILES string of the molecule is N#Cc1ccc(CCNC(=O)[C@@H]2CCN2c2cc(N3CCC(CCNc4c(NCC(=O)O)c(=O)c4=O)CC3)nc(C(F)(F)F)n2)cc1. The van der Waals surface area contributed by atoms with Gasteiger partial charge in [0, 0.05) is 38.8 Å². The number of carboxylic acids is 1. The number of nitrogens with one attached hydrogen (secondary N) is 3. The van der Waals surface area contributed by atoms with Crippen molar-refractivity contribution in [2.24, 2.45) is 5.92 Å². The molecule has 2 aliphatic rings. The van der Waals surface area contributed by atoms with Crippen LogP contribution >= 0.6 is 0 Å². The lowest BCUT2D eigenvalue weighted by molar-refractivity contribution is -0.144. The maximum Gasteiger partial charge on any atom is 0.451 e. The van der Waals surface area contributed by atoms with E-state index in [1.54, 1.807) is 34.1 Å². The third-order valence-corrected chi connectivity index (χ3v) is 8.48. The highest BCUT2D eigenvalue weighted by Gasteiger charge is 2.40. The molecule has 2 saturated heterocycles. The number of hydrogen-bond donors (Lipinski definition) is 4. The molecule has 0 spiro atoms. The van der Waals surface area contributed by atoms with Gasteiger partial charge in [0.1, 0.15) is 35.6 Å². The van der Waals surface area contributed by atoms with Crippen LogP contribution in [0.1, 0.15) is 42.6 Å². The first-order valence-electron chi connectivity index (χ1n) is 15.2. The summed E-state index contributed by atoms with van der Waals surface area (Å²) < 4.78 is 41.6. The fourth-order valence-corrected chi connectivity index (χ4v) is 5.73. The zero-order valence-electron chi connectivity index (χ0n) is 25.3. The van der Waals surface area contributed by atoms with Crippen molar-refractivity contribution in [1.29, 1.82) is 5.26 Å². The van der Waals surface area contributed by atoms with Crippen LogP contribution in [-0.2, 0) is 22.2 Å². The van der Waals surface area contributed by atoms with Gasteiger partial charge in [-0.15, -0.1) is 0 Å². The molecule has 3 aromatic rings. The highest BCUT2D eigenvalue weighted by Crippen LogP contribution is 2.34. The van der Waals surface area contributed by atoms with E-state index in [0.717, 1.165) is 5.56 Å². The van der Waals surface area contributed by atoms with Gasteiger partial charge in [-0.25, -0.2) is 9.97 Å². The van der Waals surface area contributed by atoms with E-state index in [9.17, 15) is 32.3 Å². The predicted molar refractivity (Wildman–Crippen MR) is 166 cm³/mol. The van der Waals surface area contributed by atoms with Crippen LogP contribution in [0.25, 0.3) is 0 Å². The molecule has 0 unspecified atom stereocenters. The van der Waals surface area contributed by atoms with Gasteiger partial charge in [-0.3, -0.25) is 19.2 Å². The Kier molecular flexibility index (Phi) is 9.92. The molecular formula is C31H33F3N8O5. The first-order chi connectivity index (χ1) is 22.4. The van der Waals surface area contributed by atoms with E-state index in [-0.39, 0.29) is 34.8 Å². The minimum Gasteiger partial charge on any atom is -0.480 e. The quantitative estimate of drug-likeness (QED) is 0.198. The molecule has 0 aliphatic carbocycles. The van der Waals surface area contributed by atoms with Crippen molar-refractivity contribution in [3.8, 4) is 6.07 Å². The number of rotatable bonds is 13. The molecule has 0 saturated carbocycles. The molecular weight excluding hydrogens is 621 g/mol. The van der Waals surface area contributed by atoms with Gasteiger partial charge < -0.3 is 30.9 Å². The van der Waals surface area contributed by atoms with E-state index >= 15 is 0 Å². The Labute approximate surface area is 267 Å². The van der Waals surface area contributed by atoms with Crippen LogP contribution in [0, 0.1) is 17.2 Å². The van der Waals surface area contributed by atoms with Crippen LogP contribution in [0.2, 0.25) is 0 Å². The lowest BCUT2D eigenvalue weighted by atomic mass is 9.93. The first kappa shape index (κ1) is 33.2. The van der Waals surface area contributed by atoms with Gasteiger partial charge in [0.2, 0.25) is 11.7 Å². The molecule has 4 N–H and O–H groups in total. The Morgan fingerprint density at radius 3 is 2.21 bits per heavy atom. The minimum atomic E-state index is -4.79. The van der Waals surface area contributed by atoms with Crippen LogP contribution in [0.15, 0.2) is 39.9 Å². The Balaban J connectivity index is 1.16. The number of aliphatic carboxylic acids is 1. The number of halogens is 3. The van der Waals surface area contributed by atoms with Crippen molar-refractivity contribution < 1.29 is 27.9 Å². The number of carbonyl (C=O) groups excluding carboxylic acids is 1. The van der Waals surface area contributed by atoms with E-state index in [2.05, 4.69) is 25.9 Å². The molecule has 2 aromatic carbocycles. The second-order valence-electron chi connectivity index (χ2n) is 11.6. The number of anilines is 4. The molecule has 2 aliphatic heterocycles. The Morgan fingerprint density at radius 1 is 0.957 bits per heavy atom. The summed E-state index contributed by atoms with van der Waals surface area (Å²) in [6, 6.07) is 9.87. The van der Waals surface area contributed by atoms with Gasteiger partial charge in [0.05, 0.1) is 11.6 Å². The number of amides is 1. The molecule has 1 aromatic heterocycles. The lowest BCUT2D eigenvalue weighted by Gasteiger charge is -2.41. The molecule has 1 amide bonds. The van der Waals surface area contributed by atoms with Crippen molar-refractivity contribution in [3.05, 3.63) is 67.7 Å². The summed E-state index contributed by atoms with van der Waals surface area (Å²) >= 11 is 0. The molecule has 5 rings (SSSR count). The van der Waals surface area contributed by atoms with Crippen molar-refractivity contribution in [2.45, 2.75) is 44.3 Å². The molecule has 0 bridgehead atoms. The molecule has 0 radical (unpaired) electrons. The highest BCUT2D eigenvalue weighted by atomic mass is 19.4. The van der Waals surface area contributed by atoms with E-state index in [1.165, 1.54) is 6.07 Å². The molecule has 1 atom stereocenters. The summed E-state index contributed by atoms with van der Waals surface area (Å²) in [5.74, 6) is -2.39. The molecule has 3 heterocycles. The Hall–Kier alpha value is -5.20. The monoisotopic (exact) mass is 654 g/mol. The van der Waals surface area contributed by atoms with Gasteiger partial charge in [-0.1, -0.05) is 12.1 Å². The summed E-state index contributed by atoms with van der Waals surface area (Å²) in [5, 5.41) is 25.9. The molecule has 2 fully saturated rings. The standard InChI is InChI=1S/C31H33F3N8O5/c32-31(33,34)30-39-22(41-12-7-19(8-13-41)5-10-36-25-26(28(46)27(25)45)38-17-24(43)44)15-23(40-30)42-14-9-21(42)29(47)37-11-6-18-1-3-20(16-35)4-2-18/h1-4,15,19,21,36,38H,5-14,17H2,(H,37,47)(H,43,44)/t21-/m0/s1. The first-order valence-corrected chi connectivity index (χ1v) is 15.2. The van der Waals surface area contributed by atoms with E-state index in [4.69, 9.17) is 10.4 Å². The molecule has 13 nitrogen and oxygen atoms in total. The highest BCUT2D eigenvalue weighted by molar-refractivity contribution is 5.86. The Bertz CT molecular complexity index is 1730. The second kappa shape index (κ2) is 14.1. The third kappa shape index (κ3) is 7.79. The topological polar surface area (TPSA) is 181 Å². The average Bonchev–Trinajstić information content (AvgIpc) is 3.03. The minimum absolute atomic E-state index is 0.0347. The average molecular weight is 655 g/mol. The molecule has 248 valence electrons. The third-order valence-electron chi connectivity index (χ3n) is 8.48. The van der Waals surface area contributed by atoms with Crippen LogP contribution in [0.4, 0.5) is 36.2 Å². The number of nitriles is 1. The summed E-state index contributed by atoms with van der Waals surface area (Å²) in [5.41, 5.74) is 0.00834. The van der Waals surface area contributed by atoms with Crippen molar-refractivity contribution in [3.63, 3.8) is 0 Å². The second-order valence-corrected chi connectivity index (χ2v) is 11.6.